The van der Waals surface area contributed by atoms with Gasteiger partial charge in [0.25, 0.3) is 0 Å². The first-order valence-electron chi connectivity index (χ1n) is 3.48. The van der Waals surface area contributed by atoms with E-state index in [4.69, 9.17) is 17.1 Å². The minimum Gasteiger partial charge on any atom is -0.336 e. The molecule has 1 aromatic heterocycles. The zero-order valence-corrected chi connectivity index (χ0v) is 7.72. The Hall–Kier alpha value is -1.16. The SMILES string of the molecule is CC(=O)On1ccc(C)cc1=S. The second-order valence-electron chi connectivity index (χ2n) is 2.45. The molecular formula is C8H9NO2S. The minimum absolute atomic E-state index is 0.380. The highest BCUT2D eigenvalue weighted by Crippen LogP contribution is 1.97. The normalized spacial score (nSPS) is 9.50. The van der Waals surface area contributed by atoms with Crippen molar-refractivity contribution in [2.45, 2.75) is 13.8 Å². The first-order chi connectivity index (χ1) is 5.59. The molecule has 1 heterocycles. The quantitative estimate of drug-likeness (QED) is 0.618. The third-order valence-corrected chi connectivity index (χ3v) is 1.57. The van der Waals surface area contributed by atoms with E-state index in [-0.39, 0.29) is 5.97 Å². The molecule has 0 aliphatic carbocycles. The summed E-state index contributed by atoms with van der Waals surface area (Å²) in [7, 11) is 0. The van der Waals surface area contributed by atoms with Crippen molar-refractivity contribution in [3.63, 3.8) is 0 Å². The Balaban J connectivity index is 3.02. The first-order valence-corrected chi connectivity index (χ1v) is 3.88. The van der Waals surface area contributed by atoms with Gasteiger partial charge >= 0.3 is 5.97 Å². The molecular weight excluding hydrogens is 174 g/mol. The fourth-order valence-electron chi connectivity index (χ4n) is 0.779. The zero-order chi connectivity index (χ0) is 9.14. The summed E-state index contributed by atoms with van der Waals surface area (Å²) in [5.74, 6) is -0.380. The predicted octanol–water partition coefficient (Wildman–Crippen LogP) is 1.50. The molecule has 0 radical (unpaired) electrons. The highest BCUT2D eigenvalue weighted by Gasteiger charge is 1.95. The number of nitrogens with zero attached hydrogens (tertiary/aromatic N) is 1. The van der Waals surface area contributed by atoms with Crippen molar-refractivity contribution in [1.29, 1.82) is 0 Å². The second kappa shape index (κ2) is 3.49. The van der Waals surface area contributed by atoms with Gasteiger partial charge in [0.15, 0.2) is 0 Å². The molecule has 0 aliphatic heterocycles. The predicted molar refractivity (Wildman–Crippen MR) is 47.3 cm³/mol. The van der Waals surface area contributed by atoms with Crippen molar-refractivity contribution in [2.24, 2.45) is 0 Å². The van der Waals surface area contributed by atoms with Gasteiger partial charge in [-0.05, 0) is 24.6 Å². The van der Waals surface area contributed by atoms with Gasteiger partial charge < -0.3 is 4.84 Å². The molecule has 1 rings (SSSR count). The van der Waals surface area contributed by atoms with Crippen LogP contribution in [-0.2, 0) is 4.79 Å². The lowest BCUT2D eigenvalue weighted by Gasteiger charge is -2.04. The van der Waals surface area contributed by atoms with Crippen molar-refractivity contribution in [3.8, 4) is 0 Å². The molecule has 3 nitrogen and oxygen atoms in total. The van der Waals surface area contributed by atoms with Crippen molar-refractivity contribution in [1.82, 2.24) is 4.73 Å². The van der Waals surface area contributed by atoms with Crippen LogP contribution >= 0.6 is 12.2 Å². The minimum atomic E-state index is -0.380. The lowest BCUT2D eigenvalue weighted by molar-refractivity contribution is -0.141. The number of hydrogen-bond donors (Lipinski definition) is 0. The molecule has 0 bridgehead atoms. The Kier molecular flexibility index (Phi) is 2.60. The van der Waals surface area contributed by atoms with Crippen LogP contribution in [0.15, 0.2) is 18.3 Å². The third kappa shape index (κ3) is 2.17. The summed E-state index contributed by atoms with van der Waals surface area (Å²) in [6.45, 7) is 3.26. The monoisotopic (exact) mass is 183 g/mol. The van der Waals surface area contributed by atoms with Gasteiger partial charge in [0, 0.05) is 13.1 Å². The molecule has 0 saturated carbocycles. The van der Waals surface area contributed by atoms with Crippen LogP contribution in [-0.4, -0.2) is 10.7 Å². The van der Waals surface area contributed by atoms with E-state index in [1.807, 2.05) is 13.0 Å². The molecule has 0 atom stereocenters. The molecule has 0 amide bonds. The van der Waals surface area contributed by atoms with E-state index in [9.17, 15) is 4.79 Å². The maximum Gasteiger partial charge on any atom is 0.329 e. The average Bonchev–Trinajstić information content (AvgIpc) is 1.94. The van der Waals surface area contributed by atoms with E-state index < -0.39 is 0 Å². The topological polar surface area (TPSA) is 31.2 Å². The number of carbonyl (C=O) groups is 1. The Morgan fingerprint density at radius 2 is 2.33 bits per heavy atom. The van der Waals surface area contributed by atoms with Gasteiger partial charge in [-0.15, -0.1) is 0 Å². The molecule has 4 heteroatoms. The number of pyridine rings is 1. The largest absolute Gasteiger partial charge is 0.336 e. The molecule has 0 aromatic carbocycles. The summed E-state index contributed by atoms with van der Waals surface area (Å²) in [5.41, 5.74) is 1.04. The molecule has 12 heavy (non-hydrogen) atoms. The maximum atomic E-state index is 10.6. The maximum absolute atomic E-state index is 10.6. The van der Waals surface area contributed by atoms with Gasteiger partial charge in [0.1, 0.15) is 4.64 Å². The smallest absolute Gasteiger partial charge is 0.329 e. The van der Waals surface area contributed by atoms with E-state index in [0.29, 0.717) is 4.64 Å². The van der Waals surface area contributed by atoms with E-state index in [0.717, 1.165) is 5.56 Å². The number of aromatic nitrogens is 1. The summed E-state index contributed by atoms with van der Waals surface area (Å²) in [5, 5.41) is 0. The van der Waals surface area contributed by atoms with Gasteiger partial charge in [0.2, 0.25) is 0 Å². The highest BCUT2D eigenvalue weighted by atomic mass is 32.1. The molecule has 1 aromatic rings. The van der Waals surface area contributed by atoms with Crippen LogP contribution in [0.1, 0.15) is 12.5 Å². The van der Waals surface area contributed by atoms with Crippen LogP contribution in [0.5, 0.6) is 0 Å². The van der Waals surface area contributed by atoms with E-state index in [1.54, 1.807) is 12.3 Å². The van der Waals surface area contributed by atoms with Crippen molar-refractivity contribution >= 4 is 18.2 Å². The summed E-state index contributed by atoms with van der Waals surface area (Å²) in [6.07, 6.45) is 1.62. The van der Waals surface area contributed by atoms with Crippen LogP contribution in [0.25, 0.3) is 0 Å². The fourth-order valence-corrected chi connectivity index (χ4v) is 1.06. The number of hydrogen-bond acceptors (Lipinski definition) is 3. The Bertz CT molecular complexity index is 356. The van der Waals surface area contributed by atoms with Gasteiger partial charge in [-0.1, -0.05) is 12.2 Å². The van der Waals surface area contributed by atoms with Crippen LogP contribution in [0.3, 0.4) is 0 Å². The standard InChI is InChI=1S/C8H9NO2S/c1-6-3-4-9(8(12)5-6)11-7(2)10/h3-5H,1-2H3. The van der Waals surface area contributed by atoms with Crippen LogP contribution < -0.4 is 4.84 Å². The van der Waals surface area contributed by atoms with Crippen LogP contribution in [0.2, 0.25) is 0 Å². The van der Waals surface area contributed by atoms with Crippen molar-refractivity contribution in [2.75, 3.05) is 0 Å². The van der Waals surface area contributed by atoms with Gasteiger partial charge in [0.05, 0.1) is 0 Å². The van der Waals surface area contributed by atoms with Crippen molar-refractivity contribution in [3.05, 3.63) is 28.5 Å². The van der Waals surface area contributed by atoms with Gasteiger partial charge in [-0.25, -0.2) is 4.79 Å². The summed E-state index contributed by atoms with van der Waals surface area (Å²) < 4.78 is 1.76. The molecule has 0 fully saturated rings. The first kappa shape index (κ1) is 8.93. The molecule has 64 valence electrons. The average molecular weight is 183 g/mol. The molecule has 0 saturated heterocycles. The summed E-state index contributed by atoms with van der Waals surface area (Å²) in [6, 6.07) is 3.58. The zero-order valence-electron chi connectivity index (χ0n) is 6.90. The lowest BCUT2D eigenvalue weighted by Crippen LogP contribution is -2.16. The van der Waals surface area contributed by atoms with E-state index in [2.05, 4.69) is 0 Å². The Labute approximate surface area is 75.5 Å². The van der Waals surface area contributed by atoms with E-state index in [1.165, 1.54) is 11.7 Å². The highest BCUT2D eigenvalue weighted by molar-refractivity contribution is 7.71. The van der Waals surface area contributed by atoms with Gasteiger partial charge in [-0.2, -0.15) is 4.73 Å². The summed E-state index contributed by atoms with van der Waals surface area (Å²) >= 11 is 4.94. The van der Waals surface area contributed by atoms with E-state index >= 15 is 0 Å². The molecule has 0 N–H and O–H groups in total. The Morgan fingerprint density at radius 1 is 1.67 bits per heavy atom. The fraction of sp³-hybridized carbons (Fsp3) is 0.250. The Morgan fingerprint density at radius 3 is 2.83 bits per heavy atom. The van der Waals surface area contributed by atoms with Crippen molar-refractivity contribution < 1.29 is 9.63 Å². The molecule has 0 aliphatic rings. The lowest BCUT2D eigenvalue weighted by atomic mass is 10.3. The second-order valence-corrected chi connectivity index (χ2v) is 2.87. The number of rotatable bonds is 1. The molecule has 0 unspecified atom stereocenters. The van der Waals surface area contributed by atoms with Gasteiger partial charge in [-0.3, -0.25) is 0 Å². The van der Waals surface area contributed by atoms with Crippen LogP contribution in [0.4, 0.5) is 0 Å². The summed E-state index contributed by atoms with van der Waals surface area (Å²) in [4.78, 5) is 15.3. The number of carbonyl (C=O) groups excluding carboxylic acids is 1. The number of aryl methyl sites for hydroxylation is 1. The third-order valence-electron chi connectivity index (χ3n) is 1.27. The molecule has 0 spiro atoms. The van der Waals surface area contributed by atoms with Crippen LogP contribution in [0, 0.1) is 11.6 Å².